The Bertz CT molecular complexity index is 1560. The van der Waals surface area contributed by atoms with E-state index < -0.39 is 59.7 Å². The molecule has 0 aliphatic rings. The summed E-state index contributed by atoms with van der Waals surface area (Å²) in [6.45, 7) is 8.69. The minimum Gasteiger partial charge on any atom is -0.467 e. The van der Waals surface area contributed by atoms with Crippen molar-refractivity contribution >= 4 is 30.0 Å². The van der Waals surface area contributed by atoms with Crippen LogP contribution in [0.25, 0.3) is 0 Å². The number of alkyl carbamates (subject to hydrolysis) is 2. The second-order valence-electron chi connectivity index (χ2n) is 13.5. The van der Waals surface area contributed by atoms with E-state index in [1.807, 2.05) is 91.0 Å². The van der Waals surface area contributed by atoms with Crippen LogP contribution < -0.4 is 21.3 Å². The summed E-state index contributed by atoms with van der Waals surface area (Å²) in [4.78, 5) is 66.3. The Hall–Kier alpha value is -5.39. The number of carbonyl (C=O) groups is 5. The van der Waals surface area contributed by atoms with E-state index in [2.05, 4.69) is 21.3 Å². The van der Waals surface area contributed by atoms with Crippen LogP contribution in [-0.2, 0) is 48.0 Å². The lowest BCUT2D eigenvalue weighted by Gasteiger charge is -2.30. The van der Waals surface area contributed by atoms with Crippen LogP contribution in [0.5, 0.6) is 0 Å². The number of hydrogen-bond donors (Lipinski definition) is 4. The summed E-state index contributed by atoms with van der Waals surface area (Å²) in [6.07, 6.45) is -1.56. The molecule has 274 valence electrons. The van der Waals surface area contributed by atoms with E-state index in [0.29, 0.717) is 0 Å². The first-order valence-electron chi connectivity index (χ1n) is 17.0. The molecule has 12 heteroatoms. The number of nitrogens with one attached hydrogen (secondary N) is 4. The van der Waals surface area contributed by atoms with Gasteiger partial charge in [-0.15, -0.1) is 0 Å². The molecule has 0 bridgehead atoms. The summed E-state index contributed by atoms with van der Waals surface area (Å²) >= 11 is 0. The number of amides is 4. The maximum atomic E-state index is 13.9. The predicted octanol–water partition coefficient (Wildman–Crippen LogP) is 4.85. The zero-order valence-electron chi connectivity index (χ0n) is 30.1. The third-order valence-electron chi connectivity index (χ3n) is 7.76. The van der Waals surface area contributed by atoms with E-state index in [9.17, 15) is 24.0 Å². The SMILES string of the molecule is COC(=O)[C@@H](NC(=O)[C@H](Cc1ccccc1)NC(=O)C[C@H](NC(=O)OCc1ccccc1)[C@H](Cc1ccccc1)NC(=O)OC(C)(C)C)C(C)C. The van der Waals surface area contributed by atoms with Crippen molar-refractivity contribution in [2.24, 2.45) is 5.92 Å². The van der Waals surface area contributed by atoms with Crippen LogP contribution in [0.2, 0.25) is 0 Å². The van der Waals surface area contributed by atoms with Crippen molar-refractivity contribution in [2.45, 2.75) is 90.3 Å². The van der Waals surface area contributed by atoms with Crippen LogP contribution in [0, 0.1) is 5.92 Å². The van der Waals surface area contributed by atoms with Gasteiger partial charge < -0.3 is 35.5 Å². The van der Waals surface area contributed by atoms with Gasteiger partial charge >= 0.3 is 18.2 Å². The monoisotopic (exact) mass is 702 g/mol. The molecule has 0 radical (unpaired) electrons. The molecule has 0 saturated heterocycles. The number of rotatable bonds is 16. The highest BCUT2D eigenvalue weighted by Crippen LogP contribution is 2.14. The Morgan fingerprint density at radius 2 is 1.16 bits per heavy atom. The molecule has 3 aromatic carbocycles. The molecular weight excluding hydrogens is 652 g/mol. The van der Waals surface area contributed by atoms with Gasteiger partial charge in [0.05, 0.1) is 19.2 Å². The lowest BCUT2D eigenvalue weighted by Crippen LogP contribution is -2.57. The van der Waals surface area contributed by atoms with Gasteiger partial charge in [-0.3, -0.25) is 9.59 Å². The molecule has 0 aliphatic heterocycles. The number of carbonyl (C=O) groups excluding carboxylic acids is 5. The normalized spacial score (nSPS) is 13.5. The van der Waals surface area contributed by atoms with Crippen LogP contribution in [0.1, 0.15) is 57.7 Å². The fraction of sp³-hybridized carbons (Fsp3) is 0.410. The molecular formula is C39H50N4O8. The molecule has 0 saturated carbocycles. The number of esters is 1. The first-order valence-corrected chi connectivity index (χ1v) is 17.0. The van der Waals surface area contributed by atoms with Gasteiger partial charge in [-0.25, -0.2) is 14.4 Å². The van der Waals surface area contributed by atoms with Gasteiger partial charge in [-0.05, 0) is 49.8 Å². The Balaban J connectivity index is 1.91. The standard InChI is InChI=1S/C39H50N4O8/c1-26(2)34(36(46)49-6)43-35(45)32(23-28-18-12-8-13-19-28)40-33(44)24-31(41-37(47)50-25-29-20-14-9-15-21-29)30(22-27-16-10-7-11-17-27)42-38(48)51-39(3,4)5/h7-21,26,30-32,34H,22-25H2,1-6H3,(H,40,44)(H,41,47)(H,42,48)(H,43,45)/t30-,31-,32-,34-/m0/s1. The van der Waals surface area contributed by atoms with E-state index in [0.717, 1.165) is 16.7 Å². The van der Waals surface area contributed by atoms with Gasteiger partial charge in [0.2, 0.25) is 11.8 Å². The van der Waals surface area contributed by atoms with Crippen molar-refractivity contribution in [1.29, 1.82) is 0 Å². The highest BCUT2D eigenvalue weighted by molar-refractivity contribution is 5.91. The average Bonchev–Trinajstić information content (AvgIpc) is 3.08. The summed E-state index contributed by atoms with van der Waals surface area (Å²) in [5.41, 5.74) is 1.54. The number of ether oxygens (including phenoxy) is 3. The van der Waals surface area contributed by atoms with Crippen molar-refractivity contribution in [3.8, 4) is 0 Å². The molecule has 3 aromatic rings. The van der Waals surface area contributed by atoms with Crippen molar-refractivity contribution in [1.82, 2.24) is 21.3 Å². The van der Waals surface area contributed by atoms with Gasteiger partial charge in [0.25, 0.3) is 0 Å². The molecule has 0 spiro atoms. The summed E-state index contributed by atoms with van der Waals surface area (Å²) in [6, 6.07) is 23.6. The van der Waals surface area contributed by atoms with E-state index in [-0.39, 0.29) is 31.8 Å². The van der Waals surface area contributed by atoms with Crippen LogP contribution in [0.15, 0.2) is 91.0 Å². The fourth-order valence-electron chi connectivity index (χ4n) is 5.22. The summed E-state index contributed by atoms with van der Waals surface area (Å²) < 4.78 is 15.9. The largest absolute Gasteiger partial charge is 0.467 e. The van der Waals surface area contributed by atoms with Gasteiger partial charge in [0.15, 0.2) is 0 Å². The minimum atomic E-state index is -1.09. The molecule has 3 rings (SSSR count). The zero-order chi connectivity index (χ0) is 37.4. The minimum absolute atomic E-state index is 0.0228. The molecule has 0 fully saturated rings. The lowest BCUT2D eigenvalue weighted by atomic mass is 9.96. The molecule has 0 heterocycles. The Morgan fingerprint density at radius 1 is 0.647 bits per heavy atom. The van der Waals surface area contributed by atoms with E-state index in [4.69, 9.17) is 14.2 Å². The maximum absolute atomic E-state index is 13.9. The van der Waals surface area contributed by atoms with Gasteiger partial charge in [-0.2, -0.15) is 0 Å². The van der Waals surface area contributed by atoms with Crippen LogP contribution in [0.3, 0.4) is 0 Å². The fourth-order valence-corrected chi connectivity index (χ4v) is 5.22. The topological polar surface area (TPSA) is 161 Å². The maximum Gasteiger partial charge on any atom is 0.407 e. The first-order chi connectivity index (χ1) is 24.2. The zero-order valence-corrected chi connectivity index (χ0v) is 30.1. The van der Waals surface area contributed by atoms with Crippen LogP contribution in [0.4, 0.5) is 9.59 Å². The molecule has 0 aliphatic carbocycles. The number of methoxy groups -OCH3 is 1. The Kier molecular flexibility index (Phi) is 15.5. The quantitative estimate of drug-likeness (QED) is 0.122. The summed E-state index contributed by atoms with van der Waals surface area (Å²) in [5.74, 6) is -2.08. The van der Waals surface area contributed by atoms with Gasteiger partial charge in [0, 0.05) is 12.8 Å². The summed E-state index contributed by atoms with van der Waals surface area (Å²) in [7, 11) is 1.24. The highest BCUT2D eigenvalue weighted by atomic mass is 16.6. The Morgan fingerprint density at radius 3 is 1.67 bits per heavy atom. The highest BCUT2D eigenvalue weighted by Gasteiger charge is 2.33. The first kappa shape index (κ1) is 40.0. The van der Waals surface area contributed by atoms with E-state index in [1.165, 1.54) is 7.11 Å². The van der Waals surface area contributed by atoms with Gasteiger partial charge in [0.1, 0.15) is 24.3 Å². The molecule has 4 N–H and O–H groups in total. The van der Waals surface area contributed by atoms with Crippen molar-refractivity contribution in [2.75, 3.05) is 7.11 Å². The second-order valence-corrected chi connectivity index (χ2v) is 13.5. The molecule has 4 atom stereocenters. The smallest absolute Gasteiger partial charge is 0.407 e. The van der Waals surface area contributed by atoms with Crippen LogP contribution in [-0.4, -0.2) is 66.8 Å². The average molecular weight is 703 g/mol. The number of hydrogen-bond acceptors (Lipinski definition) is 8. The Labute approximate surface area is 300 Å². The third kappa shape index (κ3) is 14.5. The molecule has 0 unspecified atom stereocenters. The van der Waals surface area contributed by atoms with E-state index in [1.54, 1.807) is 34.6 Å². The van der Waals surface area contributed by atoms with Crippen molar-refractivity contribution < 1.29 is 38.2 Å². The van der Waals surface area contributed by atoms with E-state index >= 15 is 0 Å². The van der Waals surface area contributed by atoms with Crippen molar-refractivity contribution in [3.05, 3.63) is 108 Å². The van der Waals surface area contributed by atoms with Gasteiger partial charge in [-0.1, -0.05) is 105 Å². The lowest BCUT2D eigenvalue weighted by molar-refractivity contribution is -0.146. The molecule has 0 aromatic heterocycles. The predicted molar refractivity (Wildman–Crippen MR) is 192 cm³/mol. The molecule has 4 amide bonds. The molecule has 51 heavy (non-hydrogen) atoms. The second kappa shape index (κ2) is 19.7. The van der Waals surface area contributed by atoms with Crippen LogP contribution >= 0.6 is 0 Å². The third-order valence-corrected chi connectivity index (χ3v) is 7.76. The number of benzene rings is 3. The summed E-state index contributed by atoms with van der Waals surface area (Å²) in [5, 5.41) is 11.1. The van der Waals surface area contributed by atoms with Crippen molar-refractivity contribution in [3.63, 3.8) is 0 Å². The molecule has 12 nitrogen and oxygen atoms in total.